The van der Waals surface area contributed by atoms with Gasteiger partial charge in [0.2, 0.25) is 5.91 Å². The average molecular weight is 296 g/mol. The van der Waals surface area contributed by atoms with Gasteiger partial charge in [0.25, 0.3) is 0 Å². The van der Waals surface area contributed by atoms with Gasteiger partial charge in [0.1, 0.15) is 0 Å². The Morgan fingerprint density at radius 1 is 1.00 bits per heavy atom. The van der Waals surface area contributed by atoms with Crippen molar-refractivity contribution in [3.63, 3.8) is 0 Å². The minimum atomic E-state index is -0.854. The SMILES string of the molecule is CN(CC(c1ccccc1)c1ccccc1)C(=O)C(C)(C)N. The Morgan fingerprint density at radius 2 is 1.41 bits per heavy atom. The van der Waals surface area contributed by atoms with E-state index in [0.29, 0.717) is 6.54 Å². The van der Waals surface area contributed by atoms with Crippen molar-refractivity contribution in [2.45, 2.75) is 25.3 Å². The van der Waals surface area contributed by atoms with Gasteiger partial charge in [0.05, 0.1) is 5.54 Å². The lowest BCUT2D eigenvalue weighted by Crippen LogP contribution is -2.50. The molecule has 0 atom stereocenters. The number of hydrogen-bond acceptors (Lipinski definition) is 2. The van der Waals surface area contributed by atoms with Gasteiger partial charge in [-0.15, -0.1) is 0 Å². The van der Waals surface area contributed by atoms with Gasteiger partial charge in [-0.2, -0.15) is 0 Å². The van der Waals surface area contributed by atoms with E-state index in [1.807, 2.05) is 43.4 Å². The topological polar surface area (TPSA) is 46.3 Å². The van der Waals surface area contributed by atoms with Crippen LogP contribution in [0.3, 0.4) is 0 Å². The van der Waals surface area contributed by atoms with Gasteiger partial charge < -0.3 is 10.6 Å². The van der Waals surface area contributed by atoms with Crippen LogP contribution in [-0.2, 0) is 4.79 Å². The van der Waals surface area contributed by atoms with Crippen LogP contribution >= 0.6 is 0 Å². The third-order valence-corrected chi connectivity index (χ3v) is 3.76. The van der Waals surface area contributed by atoms with Crippen LogP contribution in [0.25, 0.3) is 0 Å². The van der Waals surface area contributed by atoms with Gasteiger partial charge in [0.15, 0.2) is 0 Å². The number of hydrogen-bond donors (Lipinski definition) is 1. The quantitative estimate of drug-likeness (QED) is 0.922. The zero-order chi connectivity index (χ0) is 16.2. The fraction of sp³-hybridized carbons (Fsp3) is 0.316. The van der Waals surface area contributed by atoms with E-state index in [1.165, 1.54) is 11.1 Å². The fourth-order valence-electron chi connectivity index (χ4n) is 2.62. The molecule has 0 aliphatic carbocycles. The zero-order valence-corrected chi connectivity index (χ0v) is 13.5. The molecule has 0 unspecified atom stereocenters. The fourth-order valence-corrected chi connectivity index (χ4v) is 2.62. The summed E-state index contributed by atoms with van der Waals surface area (Å²) < 4.78 is 0. The monoisotopic (exact) mass is 296 g/mol. The summed E-state index contributed by atoms with van der Waals surface area (Å²) in [5.74, 6) is 0.0862. The highest BCUT2D eigenvalue weighted by Gasteiger charge is 2.27. The number of carbonyl (C=O) groups excluding carboxylic acids is 1. The van der Waals surface area contributed by atoms with Gasteiger partial charge in [-0.05, 0) is 25.0 Å². The molecule has 3 heteroatoms. The number of carbonyl (C=O) groups is 1. The summed E-state index contributed by atoms with van der Waals surface area (Å²) in [6.07, 6.45) is 0. The van der Waals surface area contributed by atoms with Crippen molar-refractivity contribution >= 4 is 5.91 Å². The highest BCUT2D eigenvalue weighted by Crippen LogP contribution is 2.25. The number of likely N-dealkylation sites (N-methyl/N-ethyl adjacent to an activating group) is 1. The van der Waals surface area contributed by atoms with Crippen molar-refractivity contribution in [2.24, 2.45) is 5.73 Å². The molecule has 0 bridgehead atoms. The summed E-state index contributed by atoms with van der Waals surface area (Å²) in [5.41, 5.74) is 7.48. The molecule has 1 amide bonds. The molecule has 116 valence electrons. The van der Waals surface area contributed by atoms with E-state index >= 15 is 0 Å². The van der Waals surface area contributed by atoms with Crippen molar-refractivity contribution in [1.29, 1.82) is 0 Å². The molecular formula is C19H24N2O. The molecule has 2 aromatic rings. The Hall–Kier alpha value is -2.13. The van der Waals surface area contributed by atoms with Crippen molar-refractivity contribution in [3.05, 3.63) is 71.8 Å². The molecule has 0 saturated carbocycles. The number of benzene rings is 2. The van der Waals surface area contributed by atoms with Crippen molar-refractivity contribution < 1.29 is 4.79 Å². The first kappa shape index (κ1) is 16.2. The van der Waals surface area contributed by atoms with Gasteiger partial charge in [-0.1, -0.05) is 60.7 Å². The van der Waals surface area contributed by atoms with Gasteiger partial charge in [0, 0.05) is 19.5 Å². The van der Waals surface area contributed by atoms with E-state index in [1.54, 1.807) is 18.7 Å². The second-order valence-electron chi connectivity index (χ2n) is 6.28. The van der Waals surface area contributed by atoms with Crippen LogP contribution in [0.2, 0.25) is 0 Å². The first-order valence-electron chi connectivity index (χ1n) is 7.54. The standard InChI is InChI=1S/C19H24N2O/c1-19(2,20)18(22)21(3)14-17(15-10-6-4-7-11-15)16-12-8-5-9-13-16/h4-13,17H,14,20H2,1-3H3. The van der Waals surface area contributed by atoms with Crippen molar-refractivity contribution in [3.8, 4) is 0 Å². The lowest BCUT2D eigenvalue weighted by atomic mass is 9.90. The molecule has 2 aromatic carbocycles. The maximum atomic E-state index is 12.4. The molecule has 2 N–H and O–H groups in total. The molecule has 22 heavy (non-hydrogen) atoms. The van der Waals surface area contributed by atoms with Crippen molar-refractivity contribution in [1.82, 2.24) is 4.90 Å². The third-order valence-electron chi connectivity index (χ3n) is 3.76. The lowest BCUT2D eigenvalue weighted by molar-refractivity contribution is -0.134. The maximum absolute atomic E-state index is 12.4. The van der Waals surface area contributed by atoms with E-state index < -0.39 is 5.54 Å². The Bertz CT molecular complexity index is 563. The summed E-state index contributed by atoms with van der Waals surface area (Å²) in [6, 6.07) is 20.5. The molecule has 0 spiro atoms. The van der Waals surface area contributed by atoms with E-state index in [-0.39, 0.29) is 11.8 Å². The summed E-state index contributed by atoms with van der Waals surface area (Å²) in [7, 11) is 1.82. The van der Waals surface area contributed by atoms with Gasteiger partial charge in [-0.3, -0.25) is 4.79 Å². The first-order chi connectivity index (χ1) is 10.4. The second-order valence-corrected chi connectivity index (χ2v) is 6.28. The zero-order valence-electron chi connectivity index (χ0n) is 13.5. The minimum absolute atomic E-state index is 0.0515. The third kappa shape index (κ3) is 3.95. The molecule has 0 aromatic heterocycles. The van der Waals surface area contributed by atoms with Crippen molar-refractivity contribution in [2.75, 3.05) is 13.6 Å². The Morgan fingerprint density at radius 3 is 1.77 bits per heavy atom. The number of rotatable bonds is 5. The normalized spacial score (nSPS) is 11.5. The molecule has 0 saturated heterocycles. The molecule has 0 heterocycles. The Balaban J connectivity index is 2.29. The van der Waals surface area contributed by atoms with E-state index in [2.05, 4.69) is 24.3 Å². The highest BCUT2D eigenvalue weighted by atomic mass is 16.2. The van der Waals surface area contributed by atoms with Gasteiger partial charge >= 0.3 is 0 Å². The molecule has 0 aliphatic rings. The minimum Gasteiger partial charge on any atom is -0.343 e. The maximum Gasteiger partial charge on any atom is 0.241 e. The Labute approximate surface area is 132 Å². The van der Waals surface area contributed by atoms with Crippen LogP contribution in [0, 0.1) is 0 Å². The Kier molecular flexibility index (Phi) is 4.99. The van der Waals surface area contributed by atoms with Crippen LogP contribution < -0.4 is 5.73 Å². The number of nitrogens with two attached hydrogens (primary N) is 1. The summed E-state index contributed by atoms with van der Waals surface area (Å²) in [5, 5.41) is 0. The predicted molar refractivity (Wildman–Crippen MR) is 90.6 cm³/mol. The summed E-state index contributed by atoms with van der Waals surface area (Å²) >= 11 is 0. The first-order valence-corrected chi connectivity index (χ1v) is 7.54. The van der Waals surface area contributed by atoms with E-state index in [0.717, 1.165) is 0 Å². The smallest absolute Gasteiger partial charge is 0.241 e. The van der Waals surface area contributed by atoms with Crippen LogP contribution in [-0.4, -0.2) is 29.9 Å². The number of nitrogens with zero attached hydrogens (tertiary/aromatic N) is 1. The van der Waals surface area contributed by atoms with E-state index in [9.17, 15) is 4.79 Å². The predicted octanol–water partition coefficient (Wildman–Crippen LogP) is 3.01. The van der Waals surface area contributed by atoms with Crippen LogP contribution in [0.4, 0.5) is 0 Å². The van der Waals surface area contributed by atoms with Gasteiger partial charge in [-0.25, -0.2) is 0 Å². The lowest BCUT2D eigenvalue weighted by Gasteiger charge is -2.30. The van der Waals surface area contributed by atoms with Crippen LogP contribution in [0.1, 0.15) is 30.9 Å². The molecule has 3 nitrogen and oxygen atoms in total. The number of amides is 1. The largest absolute Gasteiger partial charge is 0.343 e. The second kappa shape index (κ2) is 6.75. The summed E-state index contributed by atoms with van der Waals surface area (Å²) in [6.45, 7) is 4.09. The van der Waals surface area contributed by atoms with Crippen LogP contribution in [0.5, 0.6) is 0 Å². The van der Waals surface area contributed by atoms with E-state index in [4.69, 9.17) is 5.73 Å². The molecule has 2 rings (SSSR count). The molecule has 0 fully saturated rings. The molecule has 0 radical (unpaired) electrons. The molecule has 0 aliphatic heterocycles. The molecular weight excluding hydrogens is 272 g/mol. The average Bonchev–Trinajstić information content (AvgIpc) is 2.52. The highest BCUT2D eigenvalue weighted by molar-refractivity contribution is 5.85. The van der Waals surface area contributed by atoms with Crippen LogP contribution in [0.15, 0.2) is 60.7 Å². The summed E-state index contributed by atoms with van der Waals surface area (Å²) in [4.78, 5) is 14.1.